The maximum Gasteiger partial charge on any atom is 0.123 e. The lowest BCUT2D eigenvalue weighted by atomic mass is 9.78. The second-order valence-electron chi connectivity index (χ2n) is 9.59. The molecule has 0 unspecified atom stereocenters. The number of aromatic nitrogens is 1. The first kappa shape index (κ1) is 23.0. The highest BCUT2D eigenvalue weighted by Gasteiger charge is 2.26. The lowest BCUT2D eigenvalue weighted by molar-refractivity contribution is 0.117. The van der Waals surface area contributed by atoms with Crippen LogP contribution in [-0.2, 0) is 22.2 Å². The van der Waals surface area contributed by atoms with E-state index in [1.807, 2.05) is 12.1 Å². The summed E-state index contributed by atoms with van der Waals surface area (Å²) in [5.41, 5.74) is 3.80. The molecule has 1 heterocycles. The van der Waals surface area contributed by atoms with E-state index < -0.39 is 0 Å². The Morgan fingerprint density at radius 1 is 1.00 bits per heavy atom. The molecule has 0 bridgehead atoms. The summed E-state index contributed by atoms with van der Waals surface area (Å²) in [4.78, 5) is 4.06. The van der Waals surface area contributed by atoms with Crippen molar-refractivity contribution in [2.75, 3.05) is 6.61 Å². The number of pyridine rings is 1. The number of nitrogens with zero attached hydrogens (tertiary/aromatic N) is 1. The highest BCUT2D eigenvalue weighted by molar-refractivity contribution is 5.49. The van der Waals surface area contributed by atoms with E-state index >= 15 is 0 Å². The van der Waals surface area contributed by atoms with Crippen LogP contribution in [0.2, 0.25) is 0 Å². The Morgan fingerprint density at radius 2 is 1.66 bits per heavy atom. The van der Waals surface area contributed by atoms with Crippen LogP contribution in [0.3, 0.4) is 0 Å². The third-order valence-electron chi connectivity index (χ3n) is 4.79. The SMILES string of the molecule is CC(C)(C)c1cc(COCCCCC#Cc2cccnc2)cc(C(C)(C)C)c1O. The molecule has 2 aromatic rings. The molecule has 1 aromatic heterocycles. The van der Waals surface area contributed by atoms with Gasteiger partial charge in [-0.2, -0.15) is 0 Å². The topological polar surface area (TPSA) is 42.4 Å². The molecule has 3 nitrogen and oxygen atoms in total. The molecule has 156 valence electrons. The third-order valence-corrected chi connectivity index (χ3v) is 4.79. The first-order valence-electron chi connectivity index (χ1n) is 10.4. The minimum absolute atomic E-state index is 0.118. The van der Waals surface area contributed by atoms with Crippen LogP contribution in [0, 0.1) is 11.8 Å². The van der Waals surface area contributed by atoms with E-state index in [9.17, 15) is 5.11 Å². The van der Waals surface area contributed by atoms with Gasteiger partial charge in [-0.15, -0.1) is 0 Å². The summed E-state index contributed by atoms with van der Waals surface area (Å²) in [6.07, 6.45) is 6.40. The van der Waals surface area contributed by atoms with Crippen LogP contribution in [0.1, 0.15) is 83.1 Å². The molecule has 1 N–H and O–H groups in total. The van der Waals surface area contributed by atoms with Crippen molar-refractivity contribution >= 4 is 0 Å². The summed E-state index contributed by atoms with van der Waals surface area (Å²) >= 11 is 0. The van der Waals surface area contributed by atoms with Gasteiger partial charge in [-0.05, 0) is 64.6 Å². The zero-order valence-electron chi connectivity index (χ0n) is 18.8. The molecule has 0 spiro atoms. The van der Waals surface area contributed by atoms with Gasteiger partial charge in [0, 0.05) is 31.0 Å². The molecule has 0 radical (unpaired) electrons. The van der Waals surface area contributed by atoms with E-state index in [0.29, 0.717) is 19.0 Å². The molecule has 0 amide bonds. The minimum atomic E-state index is -0.118. The molecule has 1 aromatic carbocycles. The summed E-state index contributed by atoms with van der Waals surface area (Å²) in [5.74, 6) is 6.74. The number of ether oxygens (including phenoxy) is 1. The number of phenols is 1. The van der Waals surface area contributed by atoms with Gasteiger partial charge in [0.25, 0.3) is 0 Å². The number of benzene rings is 1. The van der Waals surface area contributed by atoms with Crippen LogP contribution in [0.4, 0.5) is 0 Å². The van der Waals surface area contributed by atoms with Gasteiger partial charge in [-0.3, -0.25) is 4.98 Å². The van der Waals surface area contributed by atoms with Crippen LogP contribution in [0.25, 0.3) is 0 Å². The standard InChI is InChI=1S/C26H35NO2/c1-25(2,3)22-16-21(17-23(24(22)28)26(4,5)6)19-29-15-10-8-7-9-12-20-13-11-14-27-18-20/h11,13-14,16-18,28H,7-8,10,15,19H2,1-6H3. The van der Waals surface area contributed by atoms with Crippen LogP contribution in [-0.4, -0.2) is 16.7 Å². The molecule has 0 saturated carbocycles. The number of rotatable bonds is 6. The molecule has 0 fully saturated rings. The van der Waals surface area contributed by atoms with Gasteiger partial charge >= 0.3 is 0 Å². The fourth-order valence-electron chi connectivity index (χ4n) is 3.13. The highest BCUT2D eigenvalue weighted by atomic mass is 16.5. The minimum Gasteiger partial charge on any atom is -0.507 e. The first-order valence-corrected chi connectivity index (χ1v) is 10.4. The average molecular weight is 394 g/mol. The molecular formula is C26H35NO2. The zero-order valence-corrected chi connectivity index (χ0v) is 18.8. The summed E-state index contributed by atoms with van der Waals surface area (Å²) in [6, 6.07) is 8.05. The van der Waals surface area contributed by atoms with Crippen LogP contribution < -0.4 is 0 Å². The molecule has 0 aliphatic carbocycles. The van der Waals surface area contributed by atoms with Gasteiger partial charge in [-0.25, -0.2) is 0 Å². The largest absolute Gasteiger partial charge is 0.507 e. The fraction of sp³-hybridized carbons (Fsp3) is 0.500. The maximum atomic E-state index is 10.8. The Hall–Kier alpha value is -2.31. The molecule has 2 rings (SSSR count). The lowest BCUT2D eigenvalue weighted by Gasteiger charge is -2.28. The number of hydrogen-bond acceptors (Lipinski definition) is 3. The van der Waals surface area contributed by atoms with Gasteiger partial charge in [0.1, 0.15) is 5.75 Å². The van der Waals surface area contributed by atoms with Crippen molar-refractivity contribution in [1.82, 2.24) is 4.98 Å². The molecule has 0 saturated heterocycles. The van der Waals surface area contributed by atoms with Crippen molar-refractivity contribution in [2.24, 2.45) is 0 Å². The predicted molar refractivity (Wildman–Crippen MR) is 120 cm³/mol. The van der Waals surface area contributed by atoms with Gasteiger partial charge in [0.05, 0.1) is 6.61 Å². The van der Waals surface area contributed by atoms with Gasteiger partial charge in [0.15, 0.2) is 0 Å². The number of unbranched alkanes of at least 4 members (excludes halogenated alkanes) is 2. The van der Waals surface area contributed by atoms with E-state index in [-0.39, 0.29) is 10.8 Å². The molecular weight excluding hydrogens is 358 g/mol. The molecule has 0 aliphatic heterocycles. The monoisotopic (exact) mass is 393 g/mol. The summed E-state index contributed by atoms with van der Waals surface area (Å²) in [5, 5.41) is 10.8. The van der Waals surface area contributed by atoms with Crippen molar-refractivity contribution in [3.63, 3.8) is 0 Å². The molecule has 29 heavy (non-hydrogen) atoms. The van der Waals surface area contributed by atoms with Crippen molar-refractivity contribution in [3.05, 3.63) is 58.9 Å². The second kappa shape index (κ2) is 9.94. The Morgan fingerprint density at radius 3 is 2.21 bits per heavy atom. The summed E-state index contributed by atoms with van der Waals surface area (Å²) in [6.45, 7) is 14.1. The van der Waals surface area contributed by atoms with E-state index in [1.165, 1.54) is 0 Å². The van der Waals surface area contributed by atoms with Crippen molar-refractivity contribution in [3.8, 4) is 17.6 Å². The number of hydrogen-bond donors (Lipinski definition) is 1. The zero-order chi connectivity index (χ0) is 21.5. The molecule has 0 atom stereocenters. The third kappa shape index (κ3) is 7.22. The lowest BCUT2D eigenvalue weighted by Crippen LogP contribution is -2.18. The van der Waals surface area contributed by atoms with E-state index in [0.717, 1.165) is 41.5 Å². The Bertz CT molecular complexity index is 811. The number of aromatic hydroxyl groups is 1. The Kier molecular flexibility index (Phi) is 7.88. The van der Waals surface area contributed by atoms with Crippen LogP contribution in [0.5, 0.6) is 5.75 Å². The molecule has 0 aliphatic rings. The maximum absolute atomic E-state index is 10.8. The van der Waals surface area contributed by atoms with Gasteiger partial charge in [-0.1, -0.05) is 53.4 Å². The highest BCUT2D eigenvalue weighted by Crippen LogP contribution is 2.39. The smallest absolute Gasteiger partial charge is 0.123 e. The first-order chi connectivity index (χ1) is 13.6. The Balaban J connectivity index is 1.88. The fourth-order valence-corrected chi connectivity index (χ4v) is 3.13. The van der Waals surface area contributed by atoms with Crippen molar-refractivity contribution < 1.29 is 9.84 Å². The summed E-state index contributed by atoms with van der Waals surface area (Å²) in [7, 11) is 0. The quantitative estimate of drug-likeness (QED) is 0.475. The molecule has 3 heteroatoms. The summed E-state index contributed by atoms with van der Waals surface area (Å²) < 4.78 is 5.92. The van der Waals surface area contributed by atoms with Crippen LogP contribution in [0.15, 0.2) is 36.7 Å². The predicted octanol–water partition coefficient (Wildman–Crippen LogP) is 6.12. The van der Waals surface area contributed by atoms with E-state index in [4.69, 9.17) is 4.74 Å². The van der Waals surface area contributed by atoms with E-state index in [2.05, 4.69) is 70.5 Å². The second-order valence-corrected chi connectivity index (χ2v) is 9.59. The average Bonchev–Trinajstić information content (AvgIpc) is 2.64. The van der Waals surface area contributed by atoms with Crippen LogP contribution >= 0.6 is 0 Å². The van der Waals surface area contributed by atoms with E-state index in [1.54, 1.807) is 12.4 Å². The number of phenolic OH excluding ortho intramolecular Hbond substituents is 1. The van der Waals surface area contributed by atoms with Crippen molar-refractivity contribution in [1.29, 1.82) is 0 Å². The van der Waals surface area contributed by atoms with Gasteiger partial charge in [0.2, 0.25) is 0 Å². The Labute approximate surface area is 176 Å². The van der Waals surface area contributed by atoms with Gasteiger partial charge < -0.3 is 9.84 Å². The normalized spacial score (nSPS) is 11.8. The van der Waals surface area contributed by atoms with Crippen molar-refractivity contribution in [2.45, 2.75) is 78.2 Å².